The predicted octanol–water partition coefficient (Wildman–Crippen LogP) is 2.42. The van der Waals surface area contributed by atoms with Crippen molar-refractivity contribution in [1.29, 1.82) is 0 Å². The average Bonchev–Trinajstić information content (AvgIpc) is 2.81. The molecular weight excluding hydrogens is 294 g/mol. The van der Waals surface area contributed by atoms with Crippen LogP contribution < -0.4 is 14.9 Å². The highest BCUT2D eigenvalue weighted by molar-refractivity contribution is 5.95. The first-order valence-corrected chi connectivity index (χ1v) is 7.15. The molecule has 1 N–H and O–H groups in total. The summed E-state index contributed by atoms with van der Waals surface area (Å²) in [6, 6.07) is 6.98. The van der Waals surface area contributed by atoms with Crippen LogP contribution in [-0.2, 0) is 7.05 Å². The maximum Gasteiger partial charge on any atom is 0.271 e. The van der Waals surface area contributed by atoms with Gasteiger partial charge in [0.05, 0.1) is 20.4 Å². The number of carbonyl (C=O) groups is 1. The molecule has 0 spiro atoms. The summed E-state index contributed by atoms with van der Waals surface area (Å²) >= 11 is 0. The molecule has 0 atom stereocenters. The second-order valence-corrected chi connectivity index (χ2v) is 5.19. The third-order valence-corrected chi connectivity index (χ3v) is 3.80. The summed E-state index contributed by atoms with van der Waals surface area (Å²) in [7, 11) is 5.06. The van der Waals surface area contributed by atoms with Gasteiger partial charge in [-0.1, -0.05) is 0 Å². The van der Waals surface area contributed by atoms with Crippen LogP contribution in [0.4, 0.5) is 0 Å². The molecule has 6 heteroatoms. The van der Waals surface area contributed by atoms with Gasteiger partial charge in [-0.05, 0) is 32.0 Å². The molecule has 1 amide bonds. The number of carbonyl (C=O) groups excluding carboxylic acids is 1. The van der Waals surface area contributed by atoms with E-state index in [1.807, 2.05) is 27.0 Å². The Bertz CT molecular complexity index is 726. The van der Waals surface area contributed by atoms with E-state index < -0.39 is 0 Å². The van der Waals surface area contributed by atoms with Crippen LogP contribution >= 0.6 is 0 Å². The second kappa shape index (κ2) is 7.00. The minimum atomic E-state index is -0.330. The number of methoxy groups -OCH3 is 2. The summed E-state index contributed by atoms with van der Waals surface area (Å²) in [4.78, 5) is 12.2. The van der Waals surface area contributed by atoms with Gasteiger partial charge in [-0.2, -0.15) is 5.10 Å². The first-order valence-electron chi connectivity index (χ1n) is 7.15. The van der Waals surface area contributed by atoms with Gasteiger partial charge >= 0.3 is 0 Å². The zero-order valence-electron chi connectivity index (χ0n) is 14.0. The molecule has 0 fully saturated rings. The second-order valence-electron chi connectivity index (χ2n) is 5.19. The summed E-state index contributed by atoms with van der Waals surface area (Å²) in [5, 5.41) is 4.02. The monoisotopic (exact) mass is 315 g/mol. The lowest BCUT2D eigenvalue weighted by Crippen LogP contribution is -2.17. The zero-order valence-corrected chi connectivity index (χ0v) is 14.0. The van der Waals surface area contributed by atoms with Gasteiger partial charge in [0.2, 0.25) is 0 Å². The molecule has 1 aromatic heterocycles. The van der Waals surface area contributed by atoms with Crippen LogP contribution in [0.2, 0.25) is 0 Å². The lowest BCUT2D eigenvalue weighted by atomic mass is 10.2. The summed E-state index contributed by atoms with van der Waals surface area (Å²) < 4.78 is 12.4. The molecule has 0 aliphatic carbocycles. The number of hydrogen-bond acceptors (Lipinski definition) is 4. The molecule has 0 bridgehead atoms. The number of aryl methyl sites for hydroxylation is 1. The number of amides is 1. The Balaban J connectivity index is 2.13. The quantitative estimate of drug-likeness (QED) is 0.681. The summed E-state index contributed by atoms with van der Waals surface area (Å²) in [6.45, 7) is 4.02. The number of benzene rings is 1. The van der Waals surface area contributed by atoms with E-state index in [0.29, 0.717) is 17.1 Å². The summed E-state index contributed by atoms with van der Waals surface area (Å²) in [5.41, 5.74) is 6.12. The Morgan fingerprint density at radius 2 is 1.74 bits per heavy atom. The Labute approximate surface area is 135 Å². The van der Waals surface area contributed by atoms with Gasteiger partial charge in [-0.25, -0.2) is 5.43 Å². The Hall–Kier alpha value is -2.76. The number of nitrogens with one attached hydrogen (secondary N) is 1. The number of hydrogen-bond donors (Lipinski definition) is 1. The molecule has 2 aromatic rings. The molecule has 0 aliphatic rings. The molecule has 0 radical (unpaired) electrons. The van der Waals surface area contributed by atoms with Crippen molar-refractivity contribution < 1.29 is 14.3 Å². The van der Waals surface area contributed by atoms with Crippen LogP contribution in [-0.4, -0.2) is 30.9 Å². The minimum Gasteiger partial charge on any atom is -0.497 e. The summed E-state index contributed by atoms with van der Waals surface area (Å²) in [6.07, 6.45) is 1.64. The molecule has 23 heavy (non-hydrogen) atoms. The van der Waals surface area contributed by atoms with E-state index >= 15 is 0 Å². The third-order valence-electron chi connectivity index (χ3n) is 3.80. The predicted molar refractivity (Wildman–Crippen MR) is 89.5 cm³/mol. The lowest BCUT2D eigenvalue weighted by Gasteiger charge is -2.07. The van der Waals surface area contributed by atoms with Crippen LogP contribution in [0, 0.1) is 13.8 Å². The molecule has 122 valence electrons. The van der Waals surface area contributed by atoms with Gasteiger partial charge in [0.1, 0.15) is 11.5 Å². The smallest absolute Gasteiger partial charge is 0.271 e. The molecule has 0 aliphatic heterocycles. The maximum atomic E-state index is 12.2. The van der Waals surface area contributed by atoms with Crippen LogP contribution in [0.25, 0.3) is 0 Å². The number of nitrogens with zero attached hydrogens (tertiary/aromatic N) is 2. The molecule has 0 unspecified atom stereocenters. The number of aromatic nitrogens is 1. The van der Waals surface area contributed by atoms with Crippen molar-refractivity contribution in [2.75, 3.05) is 14.2 Å². The fourth-order valence-corrected chi connectivity index (χ4v) is 2.18. The van der Waals surface area contributed by atoms with Gasteiger partial charge in [0.15, 0.2) is 0 Å². The van der Waals surface area contributed by atoms with E-state index in [1.165, 1.54) is 14.2 Å². The first-order chi connectivity index (χ1) is 11.0. The van der Waals surface area contributed by atoms with Crippen LogP contribution in [0.5, 0.6) is 11.5 Å². The number of hydrazone groups is 1. The van der Waals surface area contributed by atoms with Gasteiger partial charge in [-0.3, -0.25) is 4.79 Å². The number of ether oxygens (including phenoxy) is 2. The van der Waals surface area contributed by atoms with Crippen molar-refractivity contribution in [1.82, 2.24) is 9.99 Å². The minimum absolute atomic E-state index is 0.330. The van der Waals surface area contributed by atoms with Gasteiger partial charge in [-0.15, -0.1) is 0 Å². The third kappa shape index (κ3) is 3.71. The Kier molecular flexibility index (Phi) is 5.05. The maximum absolute atomic E-state index is 12.2. The van der Waals surface area contributed by atoms with Crippen molar-refractivity contribution in [2.24, 2.45) is 12.1 Å². The lowest BCUT2D eigenvalue weighted by molar-refractivity contribution is 0.0954. The van der Waals surface area contributed by atoms with Crippen LogP contribution in [0.3, 0.4) is 0 Å². The standard InChI is InChI=1S/C17H21N3O3/c1-11-6-14(12(2)20(11)3)10-18-19-17(21)13-7-15(22-4)9-16(8-13)23-5/h6-10H,1-5H3,(H,19,21). The first kappa shape index (κ1) is 16.6. The largest absolute Gasteiger partial charge is 0.497 e. The van der Waals surface area contributed by atoms with Gasteiger partial charge in [0.25, 0.3) is 5.91 Å². The Morgan fingerprint density at radius 3 is 2.22 bits per heavy atom. The van der Waals surface area contributed by atoms with E-state index in [-0.39, 0.29) is 5.91 Å². The van der Waals surface area contributed by atoms with E-state index in [0.717, 1.165) is 17.0 Å². The summed E-state index contributed by atoms with van der Waals surface area (Å²) in [5.74, 6) is 0.768. The van der Waals surface area contributed by atoms with E-state index in [9.17, 15) is 4.79 Å². The van der Waals surface area contributed by atoms with Crippen molar-refractivity contribution >= 4 is 12.1 Å². The molecule has 2 rings (SSSR count). The van der Waals surface area contributed by atoms with E-state index in [4.69, 9.17) is 9.47 Å². The van der Waals surface area contributed by atoms with Crippen molar-refractivity contribution in [2.45, 2.75) is 13.8 Å². The van der Waals surface area contributed by atoms with E-state index in [1.54, 1.807) is 24.4 Å². The molecule has 6 nitrogen and oxygen atoms in total. The number of rotatable bonds is 5. The average molecular weight is 315 g/mol. The zero-order chi connectivity index (χ0) is 17.0. The van der Waals surface area contributed by atoms with Gasteiger partial charge in [0, 0.05) is 35.6 Å². The molecular formula is C17H21N3O3. The highest BCUT2D eigenvalue weighted by Crippen LogP contribution is 2.22. The normalized spacial score (nSPS) is 10.8. The highest BCUT2D eigenvalue weighted by atomic mass is 16.5. The topological polar surface area (TPSA) is 64.8 Å². The van der Waals surface area contributed by atoms with E-state index in [2.05, 4.69) is 15.1 Å². The fourth-order valence-electron chi connectivity index (χ4n) is 2.18. The van der Waals surface area contributed by atoms with Crippen molar-refractivity contribution in [3.63, 3.8) is 0 Å². The van der Waals surface area contributed by atoms with Crippen molar-refractivity contribution in [3.05, 3.63) is 46.8 Å². The van der Waals surface area contributed by atoms with Crippen molar-refractivity contribution in [3.8, 4) is 11.5 Å². The van der Waals surface area contributed by atoms with Crippen LogP contribution in [0.1, 0.15) is 27.3 Å². The van der Waals surface area contributed by atoms with Crippen LogP contribution in [0.15, 0.2) is 29.4 Å². The fraction of sp³-hybridized carbons (Fsp3) is 0.294. The molecule has 1 heterocycles. The van der Waals surface area contributed by atoms with Gasteiger partial charge < -0.3 is 14.0 Å². The Morgan fingerprint density at radius 1 is 1.13 bits per heavy atom. The molecule has 0 saturated heterocycles. The SMILES string of the molecule is COc1cc(OC)cc(C(=O)NN=Cc2cc(C)n(C)c2C)c1. The molecule has 0 saturated carbocycles. The highest BCUT2D eigenvalue weighted by Gasteiger charge is 2.09. The molecule has 1 aromatic carbocycles.